The van der Waals surface area contributed by atoms with Crippen LogP contribution in [0.3, 0.4) is 0 Å². The van der Waals surface area contributed by atoms with E-state index in [1.165, 1.54) is 42.8 Å². The summed E-state index contributed by atoms with van der Waals surface area (Å²) in [6.45, 7) is 0.894. The Morgan fingerprint density at radius 2 is 1.66 bits per heavy atom. The maximum absolute atomic E-state index is 12.6. The lowest BCUT2D eigenvalue weighted by molar-refractivity contribution is 0.0833. The number of benzene rings is 2. The van der Waals surface area contributed by atoms with Crippen molar-refractivity contribution >= 4 is 15.9 Å². The van der Waals surface area contributed by atoms with Crippen LogP contribution < -0.4 is 19.5 Å². The number of amides is 1. The number of nitrogens with one attached hydrogen (secondary N) is 1. The molecule has 2 N–H and O–H groups in total. The van der Waals surface area contributed by atoms with Crippen LogP contribution in [0.15, 0.2) is 47.4 Å². The normalized spacial score (nSPS) is 15.2. The number of rotatable bonds is 10. The molecule has 10 heteroatoms. The second kappa shape index (κ2) is 10.7. The highest BCUT2D eigenvalue weighted by Gasteiger charge is 2.27. The van der Waals surface area contributed by atoms with E-state index in [2.05, 4.69) is 5.32 Å². The number of nitrogens with zero attached hydrogens (tertiary/aromatic N) is 1. The van der Waals surface area contributed by atoms with Crippen molar-refractivity contribution in [1.29, 1.82) is 0 Å². The summed E-state index contributed by atoms with van der Waals surface area (Å²) in [6.07, 6.45) is 0.731. The molecule has 1 saturated heterocycles. The highest BCUT2D eigenvalue weighted by Crippen LogP contribution is 2.36. The summed E-state index contributed by atoms with van der Waals surface area (Å²) in [7, 11) is -0.528. The average Bonchev–Trinajstić information content (AvgIpc) is 3.37. The van der Waals surface area contributed by atoms with E-state index in [0.717, 1.165) is 12.8 Å². The first-order chi connectivity index (χ1) is 15.4. The Kier molecular flexibility index (Phi) is 7.94. The van der Waals surface area contributed by atoms with Gasteiger partial charge in [-0.15, -0.1) is 0 Å². The number of carbonyl (C=O) groups is 1. The van der Waals surface area contributed by atoms with Crippen LogP contribution in [-0.2, 0) is 10.0 Å². The number of ether oxygens (including phenoxy) is 3. The van der Waals surface area contributed by atoms with Gasteiger partial charge in [0, 0.05) is 25.2 Å². The predicted octanol–water partition coefficient (Wildman–Crippen LogP) is 1.66. The van der Waals surface area contributed by atoms with E-state index in [4.69, 9.17) is 14.2 Å². The van der Waals surface area contributed by atoms with Gasteiger partial charge in [-0.1, -0.05) is 6.07 Å². The Morgan fingerprint density at radius 1 is 1.06 bits per heavy atom. The van der Waals surface area contributed by atoms with Crippen molar-refractivity contribution in [2.75, 3.05) is 40.5 Å². The molecule has 3 rings (SSSR count). The molecule has 0 bridgehead atoms. The van der Waals surface area contributed by atoms with Crippen molar-refractivity contribution in [3.63, 3.8) is 0 Å². The summed E-state index contributed by atoms with van der Waals surface area (Å²) >= 11 is 0. The second-order valence-corrected chi connectivity index (χ2v) is 9.24. The lowest BCUT2D eigenvalue weighted by Gasteiger charge is -2.17. The number of hydrogen-bond acceptors (Lipinski definition) is 7. The zero-order chi connectivity index (χ0) is 23.1. The molecule has 2 aromatic rings. The Hall–Kier alpha value is -2.82. The van der Waals surface area contributed by atoms with E-state index < -0.39 is 22.0 Å². The highest BCUT2D eigenvalue weighted by molar-refractivity contribution is 7.89. The molecule has 1 fully saturated rings. The van der Waals surface area contributed by atoms with Gasteiger partial charge in [0.15, 0.2) is 11.5 Å². The van der Waals surface area contributed by atoms with Gasteiger partial charge < -0.3 is 24.6 Å². The minimum Gasteiger partial charge on any atom is -0.493 e. The van der Waals surface area contributed by atoms with Crippen LogP contribution in [0.25, 0.3) is 0 Å². The third-order valence-corrected chi connectivity index (χ3v) is 7.03. The molecule has 32 heavy (non-hydrogen) atoms. The van der Waals surface area contributed by atoms with E-state index in [1.54, 1.807) is 18.2 Å². The van der Waals surface area contributed by atoms with Gasteiger partial charge in [0.05, 0.1) is 19.1 Å². The van der Waals surface area contributed by atoms with Gasteiger partial charge in [0.25, 0.3) is 5.91 Å². The second-order valence-electron chi connectivity index (χ2n) is 7.30. The Balaban J connectivity index is 1.53. The molecule has 1 amide bonds. The number of sulfonamides is 1. The monoisotopic (exact) mass is 464 g/mol. The van der Waals surface area contributed by atoms with Gasteiger partial charge in [-0.25, -0.2) is 8.42 Å². The molecule has 1 unspecified atom stereocenters. The fraction of sp³-hybridized carbons (Fsp3) is 0.409. The summed E-state index contributed by atoms with van der Waals surface area (Å²) in [5.41, 5.74) is 0.296. The van der Waals surface area contributed by atoms with Crippen molar-refractivity contribution in [2.45, 2.75) is 23.8 Å². The summed E-state index contributed by atoms with van der Waals surface area (Å²) < 4.78 is 42.7. The first kappa shape index (κ1) is 23.8. The van der Waals surface area contributed by atoms with Crippen LogP contribution >= 0.6 is 0 Å². The molecule has 0 spiro atoms. The van der Waals surface area contributed by atoms with Crippen molar-refractivity contribution in [3.8, 4) is 17.2 Å². The molecular weight excluding hydrogens is 436 g/mol. The Labute approximate surface area is 187 Å². The highest BCUT2D eigenvalue weighted by atomic mass is 32.2. The van der Waals surface area contributed by atoms with E-state index in [0.29, 0.717) is 35.9 Å². The lowest BCUT2D eigenvalue weighted by atomic mass is 10.2. The zero-order valence-corrected chi connectivity index (χ0v) is 18.9. The number of hydrogen-bond donors (Lipinski definition) is 2. The van der Waals surface area contributed by atoms with Crippen LogP contribution in [-0.4, -0.2) is 70.3 Å². The number of methoxy groups -OCH3 is 2. The van der Waals surface area contributed by atoms with Crippen LogP contribution in [0.4, 0.5) is 0 Å². The smallest absolute Gasteiger partial charge is 0.251 e. The number of aliphatic hydroxyl groups excluding tert-OH is 1. The van der Waals surface area contributed by atoms with Crippen molar-refractivity contribution < 1.29 is 32.5 Å². The zero-order valence-electron chi connectivity index (χ0n) is 18.1. The molecule has 0 radical (unpaired) electrons. The number of aliphatic hydroxyl groups is 1. The summed E-state index contributed by atoms with van der Waals surface area (Å²) in [6, 6.07) is 10.9. The Morgan fingerprint density at radius 3 is 2.22 bits per heavy atom. The molecule has 0 saturated carbocycles. The summed E-state index contributed by atoms with van der Waals surface area (Å²) in [4.78, 5) is 12.5. The molecule has 1 atom stereocenters. The lowest BCUT2D eigenvalue weighted by Crippen LogP contribution is -2.35. The van der Waals surface area contributed by atoms with Crippen LogP contribution in [0.1, 0.15) is 23.2 Å². The van der Waals surface area contributed by atoms with Gasteiger partial charge in [0.2, 0.25) is 15.8 Å². The number of carbonyl (C=O) groups excluding carboxylic acids is 1. The first-order valence-corrected chi connectivity index (χ1v) is 11.7. The van der Waals surface area contributed by atoms with Crippen LogP contribution in [0.2, 0.25) is 0 Å². The SMILES string of the molecule is COc1cccc(OC)c1OCC(O)CNC(=O)c1ccc(S(=O)(=O)N2CCCC2)cc1. The first-order valence-electron chi connectivity index (χ1n) is 10.3. The standard InChI is InChI=1S/C22H28N2O7S/c1-29-19-6-5-7-20(30-2)21(19)31-15-17(25)14-23-22(26)16-8-10-18(11-9-16)32(27,28)24-12-3-4-13-24/h5-11,17,25H,3-4,12-15H2,1-2H3,(H,23,26). The molecule has 0 aliphatic carbocycles. The minimum atomic E-state index is -3.53. The number of para-hydroxylation sites is 1. The third kappa shape index (κ3) is 5.50. The van der Waals surface area contributed by atoms with Gasteiger partial charge in [-0.2, -0.15) is 4.31 Å². The molecule has 1 aliphatic rings. The summed E-state index contributed by atoms with van der Waals surface area (Å²) in [5.74, 6) is 0.857. The fourth-order valence-electron chi connectivity index (χ4n) is 3.37. The Bertz CT molecular complexity index is 997. The molecule has 1 aliphatic heterocycles. The fourth-order valence-corrected chi connectivity index (χ4v) is 4.88. The topological polar surface area (TPSA) is 114 Å². The maximum Gasteiger partial charge on any atom is 0.251 e. The molecular formula is C22H28N2O7S. The molecule has 9 nitrogen and oxygen atoms in total. The van der Waals surface area contributed by atoms with Gasteiger partial charge >= 0.3 is 0 Å². The quantitative estimate of drug-likeness (QED) is 0.550. The van der Waals surface area contributed by atoms with Crippen LogP contribution in [0.5, 0.6) is 17.2 Å². The maximum atomic E-state index is 12.6. The van der Waals surface area contributed by atoms with E-state index in [9.17, 15) is 18.3 Å². The minimum absolute atomic E-state index is 0.0515. The van der Waals surface area contributed by atoms with Crippen molar-refractivity contribution in [3.05, 3.63) is 48.0 Å². The predicted molar refractivity (Wildman–Crippen MR) is 118 cm³/mol. The average molecular weight is 465 g/mol. The van der Waals surface area contributed by atoms with Crippen molar-refractivity contribution in [2.24, 2.45) is 0 Å². The van der Waals surface area contributed by atoms with Gasteiger partial charge in [0.1, 0.15) is 12.7 Å². The van der Waals surface area contributed by atoms with Crippen LogP contribution in [0, 0.1) is 0 Å². The summed E-state index contributed by atoms with van der Waals surface area (Å²) in [5, 5.41) is 12.8. The molecule has 174 valence electrons. The van der Waals surface area contributed by atoms with Gasteiger partial charge in [-0.05, 0) is 49.2 Å². The van der Waals surface area contributed by atoms with E-state index in [1.807, 2.05) is 0 Å². The molecule has 2 aromatic carbocycles. The molecule has 0 aromatic heterocycles. The third-order valence-electron chi connectivity index (χ3n) is 5.12. The van der Waals surface area contributed by atoms with Crippen molar-refractivity contribution in [1.82, 2.24) is 9.62 Å². The van der Waals surface area contributed by atoms with E-state index in [-0.39, 0.29) is 18.0 Å². The largest absolute Gasteiger partial charge is 0.493 e. The molecule has 1 heterocycles. The van der Waals surface area contributed by atoms with E-state index >= 15 is 0 Å². The van der Waals surface area contributed by atoms with Gasteiger partial charge in [-0.3, -0.25) is 4.79 Å².